The topological polar surface area (TPSA) is 34.1 Å². The first-order valence-electron chi connectivity index (χ1n) is 11.7. The van der Waals surface area contributed by atoms with Crippen LogP contribution in [0.2, 0.25) is 0 Å². The Morgan fingerprint density at radius 1 is 0.852 bits per heavy atom. The van der Waals surface area contributed by atoms with Gasteiger partial charge in [0.1, 0.15) is 11.6 Å². The smallest absolute Gasteiger partial charge is 0.132 e. The van der Waals surface area contributed by atoms with E-state index in [2.05, 4.69) is 20.8 Å². The molecule has 2 nitrogen and oxygen atoms in total. The second-order valence-corrected chi connectivity index (χ2v) is 11.4. The zero-order valence-corrected chi connectivity index (χ0v) is 18.2. The lowest BCUT2D eigenvalue weighted by Gasteiger charge is -2.61. The van der Waals surface area contributed by atoms with Crippen molar-refractivity contribution in [1.29, 1.82) is 0 Å². The normalized spacial score (nSPS) is 50.3. The summed E-state index contributed by atoms with van der Waals surface area (Å²) in [5, 5.41) is 0. The standard InChI is InChI=1S/C25H40O2/c1-15(16(2)26)21-8-9-22-20-7-6-19-14-18(17(3)27)10-12-24(19,4)23(20)11-13-25(21,22)5/h15,18-23H,6-14H2,1-5H3/t15?,18?,19?,20-,21+,22-,23-,24-,25+/m0/s1. The molecular weight excluding hydrogens is 332 g/mol. The molecule has 0 aromatic carbocycles. The third kappa shape index (κ3) is 2.87. The van der Waals surface area contributed by atoms with Crippen LogP contribution >= 0.6 is 0 Å². The van der Waals surface area contributed by atoms with Crippen LogP contribution in [0.25, 0.3) is 0 Å². The summed E-state index contributed by atoms with van der Waals surface area (Å²) in [7, 11) is 0. The van der Waals surface area contributed by atoms with Crippen LogP contribution in [0.1, 0.15) is 92.4 Å². The van der Waals surface area contributed by atoms with Crippen LogP contribution < -0.4 is 0 Å². The Kier molecular flexibility index (Phi) is 4.87. The van der Waals surface area contributed by atoms with Gasteiger partial charge in [0.05, 0.1) is 0 Å². The van der Waals surface area contributed by atoms with Crippen LogP contribution in [-0.4, -0.2) is 11.6 Å². The van der Waals surface area contributed by atoms with E-state index in [9.17, 15) is 9.59 Å². The summed E-state index contributed by atoms with van der Waals surface area (Å²) >= 11 is 0. The summed E-state index contributed by atoms with van der Waals surface area (Å²) in [5.74, 6) is 5.28. The summed E-state index contributed by atoms with van der Waals surface area (Å²) in [6.07, 6.45) is 11.5. The largest absolute Gasteiger partial charge is 0.300 e. The van der Waals surface area contributed by atoms with Gasteiger partial charge in [-0.05, 0) is 112 Å². The zero-order valence-electron chi connectivity index (χ0n) is 18.2. The lowest BCUT2D eigenvalue weighted by molar-refractivity contribution is -0.138. The highest BCUT2D eigenvalue weighted by molar-refractivity contribution is 5.78. The first-order valence-corrected chi connectivity index (χ1v) is 11.7. The van der Waals surface area contributed by atoms with Crippen molar-refractivity contribution in [2.75, 3.05) is 0 Å². The fourth-order valence-electron chi connectivity index (χ4n) is 8.77. The first-order chi connectivity index (χ1) is 12.7. The second-order valence-electron chi connectivity index (χ2n) is 11.4. The van der Waals surface area contributed by atoms with Gasteiger partial charge in [-0.15, -0.1) is 0 Å². The van der Waals surface area contributed by atoms with Gasteiger partial charge in [0.15, 0.2) is 0 Å². The molecule has 0 aliphatic heterocycles. The quantitative estimate of drug-likeness (QED) is 0.602. The number of rotatable bonds is 3. The Balaban J connectivity index is 1.56. The fraction of sp³-hybridized carbons (Fsp3) is 0.920. The Hall–Kier alpha value is -0.660. The molecule has 0 spiro atoms. The highest BCUT2D eigenvalue weighted by Crippen LogP contribution is 2.68. The lowest BCUT2D eigenvalue weighted by atomic mass is 9.44. The molecule has 0 aromatic heterocycles. The van der Waals surface area contributed by atoms with Crippen molar-refractivity contribution >= 4 is 11.6 Å². The molecule has 27 heavy (non-hydrogen) atoms. The highest BCUT2D eigenvalue weighted by atomic mass is 16.1. The van der Waals surface area contributed by atoms with Gasteiger partial charge < -0.3 is 0 Å². The molecule has 0 bridgehead atoms. The van der Waals surface area contributed by atoms with Gasteiger partial charge in [-0.3, -0.25) is 9.59 Å². The number of fused-ring (bicyclic) bond motifs is 5. The van der Waals surface area contributed by atoms with Crippen LogP contribution in [0, 0.1) is 52.3 Å². The summed E-state index contributed by atoms with van der Waals surface area (Å²) in [6.45, 7) is 10.9. The van der Waals surface area contributed by atoms with Crippen molar-refractivity contribution in [2.24, 2.45) is 52.3 Å². The SMILES string of the molecule is CC(=O)C1CC[C@@]2(C)C(CC[C@H]3[C@@H]4CC[C@H](C(C)C(C)=O)[C@@]4(C)CC[C@@H]32)C1. The Bertz CT molecular complexity index is 624. The summed E-state index contributed by atoms with van der Waals surface area (Å²) in [6, 6.07) is 0. The molecule has 0 N–H and O–H groups in total. The van der Waals surface area contributed by atoms with Gasteiger partial charge in [0.2, 0.25) is 0 Å². The predicted octanol–water partition coefficient (Wildman–Crippen LogP) is 6.08. The van der Waals surface area contributed by atoms with Crippen LogP contribution in [0.4, 0.5) is 0 Å². The van der Waals surface area contributed by atoms with Crippen molar-refractivity contribution in [1.82, 2.24) is 0 Å². The summed E-state index contributed by atoms with van der Waals surface area (Å²) < 4.78 is 0. The second kappa shape index (κ2) is 6.70. The third-order valence-corrected chi connectivity index (χ3v) is 10.6. The van der Waals surface area contributed by atoms with Crippen LogP contribution in [0.3, 0.4) is 0 Å². The van der Waals surface area contributed by atoms with Gasteiger partial charge in [0, 0.05) is 11.8 Å². The van der Waals surface area contributed by atoms with E-state index in [1.165, 1.54) is 44.9 Å². The van der Waals surface area contributed by atoms with Gasteiger partial charge >= 0.3 is 0 Å². The number of carbonyl (C=O) groups excluding carboxylic acids is 2. The highest BCUT2D eigenvalue weighted by Gasteiger charge is 2.61. The van der Waals surface area contributed by atoms with E-state index in [1.54, 1.807) is 13.8 Å². The van der Waals surface area contributed by atoms with E-state index in [-0.39, 0.29) is 5.92 Å². The van der Waals surface area contributed by atoms with Crippen molar-refractivity contribution in [3.8, 4) is 0 Å². The molecule has 2 heteroatoms. The molecule has 4 aliphatic carbocycles. The van der Waals surface area contributed by atoms with E-state index in [4.69, 9.17) is 0 Å². The molecule has 0 radical (unpaired) electrons. The van der Waals surface area contributed by atoms with E-state index in [1.807, 2.05) is 0 Å². The minimum Gasteiger partial charge on any atom is -0.300 e. The van der Waals surface area contributed by atoms with Gasteiger partial charge in [0.25, 0.3) is 0 Å². The fourth-order valence-corrected chi connectivity index (χ4v) is 8.77. The Labute approximate surface area is 166 Å². The van der Waals surface area contributed by atoms with Crippen LogP contribution in [0.15, 0.2) is 0 Å². The Morgan fingerprint density at radius 3 is 2.19 bits per heavy atom. The van der Waals surface area contributed by atoms with E-state index >= 15 is 0 Å². The van der Waals surface area contributed by atoms with Gasteiger partial charge in [-0.25, -0.2) is 0 Å². The van der Waals surface area contributed by atoms with E-state index in [0.29, 0.717) is 34.2 Å². The average Bonchev–Trinajstić information content (AvgIpc) is 2.97. The number of ketones is 2. The Morgan fingerprint density at radius 2 is 1.52 bits per heavy atom. The van der Waals surface area contributed by atoms with Crippen LogP contribution in [0.5, 0.6) is 0 Å². The number of carbonyl (C=O) groups is 2. The van der Waals surface area contributed by atoms with E-state index in [0.717, 1.165) is 36.5 Å². The van der Waals surface area contributed by atoms with Crippen molar-refractivity contribution in [3.05, 3.63) is 0 Å². The lowest BCUT2D eigenvalue weighted by Crippen LogP contribution is -2.54. The first kappa shape index (κ1) is 19.6. The maximum atomic E-state index is 12.1. The molecule has 4 saturated carbocycles. The van der Waals surface area contributed by atoms with Crippen molar-refractivity contribution in [2.45, 2.75) is 92.4 Å². The van der Waals surface area contributed by atoms with Crippen molar-refractivity contribution in [3.63, 3.8) is 0 Å². The third-order valence-electron chi connectivity index (χ3n) is 10.6. The number of hydrogen-bond acceptors (Lipinski definition) is 2. The minimum absolute atomic E-state index is 0.231. The van der Waals surface area contributed by atoms with E-state index < -0.39 is 0 Å². The average molecular weight is 373 g/mol. The molecule has 0 amide bonds. The molecule has 0 aromatic rings. The molecule has 0 saturated heterocycles. The summed E-state index contributed by atoms with van der Waals surface area (Å²) in [5.41, 5.74) is 0.840. The molecule has 3 unspecified atom stereocenters. The maximum Gasteiger partial charge on any atom is 0.132 e. The summed E-state index contributed by atoms with van der Waals surface area (Å²) in [4.78, 5) is 24.1. The molecule has 4 rings (SSSR count). The van der Waals surface area contributed by atoms with Gasteiger partial charge in [-0.1, -0.05) is 20.8 Å². The zero-order chi connectivity index (χ0) is 19.6. The molecule has 0 heterocycles. The molecule has 152 valence electrons. The van der Waals surface area contributed by atoms with Crippen LogP contribution in [-0.2, 0) is 9.59 Å². The molecular formula is C25H40O2. The molecule has 4 aliphatic rings. The molecule has 4 fully saturated rings. The predicted molar refractivity (Wildman–Crippen MR) is 109 cm³/mol. The monoisotopic (exact) mass is 372 g/mol. The molecule has 9 atom stereocenters. The van der Waals surface area contributed by atoms with Crippen molar-refractivity contribution < 1.29 is 9.59 Å². The van der Waals surface area contributed by atoms with Gasteiger partial charge in [-0.2, -0.15) is 0 Å². The maximum absolute atomic E-state index is 12.1. The number of Topliss-reactive ketones (excluding diaryl/α,β-unsaturated/α-hetero) is 2. The number of hydrogen-bond donors (Lipinski definition) is 0. The minimum atomic E-state index is 0.231.